The van der Waals surface area contributed by atoms with Gasteiger partial charge in [-0.15, -0.1) is 0 Å². The number of hydrogen-bond acceptors (Lipinski definition) is 5. The maximum absolute atomic E-state index is 12.5. The van der Waals surface area contributed by atoms with Crippen molar-refractivity contribution < 1.29 is 9.32 Å². The van der Waals surface area contributed by atoms with Gasteiger partial charge in [0.25, 0.3) is 5.91 Å². The molecule has 3 heterocycles. The second kappa shape index (κ2) is 5.63. The Balaban J connectivity index is 1.75. The zero-order valence-corrected chi connectivity index (χ0v) is 12.2. The molecule has 0 bridgehead atoms. The van der Waals surface area contributed by atoms with Gasteiger partial charge in [0.15, 0.2) is 5.82 Å². The van der Waals surface area contributed by atoms with Crippen LogP contribution in [0.15, 0.2) is 22.7 Å². The van der Waals surface area contributed by atoms with E-state index in [9.17, 15) is 4.79 Å². The van der Waals surface area contributed by atoms with Gasteiger partial charge in [0.05, 0.1) is 0 Å². The molecule has 1 saturated heterocycles. The molecule has 1 fully saturated rings. The van der Waals surface area contributed by atoms with Gasteiger partial charge in [-0.05, 0) is 31.9 Å². The minimum atomic E-state index is -0.0244. The molecule has 110 valence electrons. The molecule has 2 aromatic rings. The van der Waals surface area contributed by atoms with Crippen LogP contribution >= 0.6 is 0 Å². The van der Waals surface area contributed by atoms with E-state index < -0.39 is 0 Å². The van der Waals surface area contributed by atoms with Crippen molar-refractivity contribution in [2.75, 3.05) is 13.1 Å². The van der Waals surface area contributed by atoms with E-state index in [1.165, 1.54) is 0 Å². The summed E-state index contributed by atoms with van der Waals surface area (Å²) in [6, 6.07) is 5.51. The third-order valence-electron chi connectivity index (χ3n) is 3.72. The highest BCUT2D eigenvalue weighted by Crippen LogP contribution is 2.25. The van der Waals surface area contributed by atoms with Gasteiger partial charge in [0.2, 0.25) is 5.89 Å². The van der Waals surface area contributed by atoms with Gasteiger partial charge >= 0.3 is 0 Å². The molecular formula is C15H18N4O2. The van der Waals surface area contributed by atoms with Crippen molar-refractivity contribution in [1.82, 2.24) is 20.0 Å². The van der Waals surface area contributed by atoms with Crippen molar-refractivity contribution >= 4 is 5.91 Å². The molecule has 6 heteroatoms. The second-order valence-electron chi connectivity index (χ2n) is 5.43. The normalized spacial score (nSPS) is 18.8. The van der Waals surface area contributed by atoms with Crippen LogP contribution in [-0.4, -0.2) is 39.0 Å². The average molecular weight is 286 g/mol. The first-order valence-electron chi connectivity index (χ1n) is 7.16. The van der Waals surface area contributed by atoms with Crippen molar-refractivity contribution in [3.63, 3.8) is 0 Å². The molecule has 6 nitrogen and oxygen atoms in total. The van der Waals surface area contributed by atoms with Crippen LogP contribution in [0.3, 0.4) is 0 Å². The van der Waals surface area contributed by atoms with Crippen LogP contribution in [-0.2, 0) is 0 Å². The van der Waals surface area contributed by atoms with Crippen LogP contribution in [0.2, 0.25) is 0 Å². The number of aromatic nitrogens is 3. The fourth-order valence-electron chi connectivity index (χ4n) is 2.68. The van der Waals surface area contributed by atoms with Crippen molar-refractivity contribution in [2.24, 2.45) is 0 Å². The summed E-state index contributed by atoms with van der Waals surface area (Å²) in [5, 5.41) is 3.98. The molecule has 21 heavy (non-hydrogen) atoms. The molecule has 2 aromatic heterocycles. The van der Waals surface area contributed by atoms with Gasteiger partial charge in [-0.25, -0.2) is 4.98 Å². The Morgan fingerprint density at radius 3 is 2.90 bits per heavy atom. The lowest BCUT2D eigenvalue weighted by atomic mass is 9.97. The molecule has 1 aliphatic rings. The standard InChI is InChI=1S/C15H18N4O2/c1-10-5-3-7-13(16-10)15(20)19-8-4-6-12(9-19)14-17-11(2)21-18-14/h3,5,7,12H,4,6,8-9H2,1-2H3/t12-/m0/s1. The maximum atomic E-state index is 12.5. The molecule has 0 unspecified atom stereocenters. The number of rotatable bonds is 2. The Morgan fingerprint density at radius 2 is 2.19 bits per heavy atom. The zero-order valence-electron chi connectivity index (χ0n) is 12.2. The Bertz CT molecular complexity index is 653. The number of nitrogens with zero attached hydrogens (tertiary/aromatic N) is 4. The maximum Gasteiger partial charge on any atom is 0.272 e. The Morgan fingerprint density at radius 1 is 1.33 bits per heavy atom. The van der Waals surface area contributed by atoms with E-state index in [0.29, 0.717) is 24.0 Å². The van der Waals surface area contributed by atoms with E-state index in [2.05, 4.69) is 15.1 Å². The molecule has 3 rings (SSSR count). The molecule has 0 radical (unpaired) electrons. The summed E-state index contributed by atoms with van der Waals surface area (Å²) < 4.78 is 5.04. The van der Waals surface area contributed by atoms with E-state index in [1.54, 1.807) is 13.0 Å². The van der Waals surface area contributed by atoms with Gasteiger partial charge in [-0.2, -0.15) is 4.98 Å². The van der Waals surface area contributed by atoms with E-state index in [0.717, 1.165) is 25.1 Å². The first kappa shape index (κ1) is 13.7. The van der Waals surface area contributed by atoms with Crippen LogP contribution in [0, 0.1) is 13.8 Å². The number of likely N-dealkylation sites (tertiary alicyclic amines) is 1. The fourth-order valence-corrected chi connectivity index (χ4v) is 2.68. The van der Waals surface area contributed by atoms with Gasteiger partial charge in [0.1, 0.15) is 5.69 Å². The minimum Gasteiger partial charge on any atom is -0.340 e. The lowest BCUT2D eigenvalue weighted by Crippen LogP contribution is -2.39. The van der Waals surface area contributed by atoms with Gasteiger partial charge in [-0.1, -0.05) is 11.2 Å². The Kier molecular flexibility index (Phi) is 3.68. The predicted molar refractivity (Wildman–Crippen MR) is 75.9 cm³/mol. The average Bonchev–Trinajstić information content (AvgIpc) is 2.93. The van der Waals surface area contributed by atoms with Crippen LogP contribution in [0.4, 0.5) is 0 Å². The van der Waals surface area contributed by atoms with Crippen LogP contribution in [0.5, 0.6) is 0 Å². The fraction of sp³-hybridized carbons (Fsp3) is 0.467. The third-order valence-corrected chi connectivity index (χ3v) is 3.72. The van der Waals surface area contributed by atoms with Crippen molar-refractivity contribution in [1.29, 1.82) is 0 Å². The highest BCUT2D eigenvalue weighted by Gasteiger charge is 2.28. The first-order chi connectivity index (χ1) is 10.1. The summed E-state index contributed by atoms with van der Waals surface area (Å²) in [4.78, 5) is 23.0. The minimum absolute atomic E-state index is 0.0244. The summed E-state index contributed by atoms with van der Waals surface area (Å²) >= 11 is 0. The highest BCUT2D eigenvalue weighted by molar-refractivity contribution is 5.92. The smallest absolute Gasteiger partial charge is 0.272 e. The van der Waals surface area contributed by atoms with E-state index in [4.69, 9.17) is 4.52 Å². The summed E-state index contributed by atoms with van der Waals surface area (Å²) in [5.74, 6) is 1.38. The first-order valence-corrected chi connectivity index (χ1v) is 7.16. The van der Waals surface area contributed by atoms with Crippen molar-refractivity contribution in [3.8, 4) is 0 Å². The van der Waals surface area contributed by atoms with Crippen molar-refractivity contribution in [2.45, 2.75) is 32.6 Å². The van der Waals surface area contributed by atoms with Crippen molar-refractivity contribution in [3.05, 3.63) is 41.3 Å². The lowest BCUT2D eigenvalue weighted by molar-refractivity contribution is 0.0697. The second-order valence-corrected chi connectivity index (χ2v) is 5.43. The molecule has 0 aromatic carbocycles. The number of aryl methyl sites for hydroxylation is 2. The molecule has 1 aliphatic heterocycles. The summed E-state index contributed by atoms with van der Waals surface area (Å²) in [5.41, 5.74) is 1.35. The molecular weight excluding hydrogens is 268 g/mol. The van der Waals surface area contributed by atoms with E-state index in [1.807, 2.05) is 24.0 Å². The highest BCUT2D eigenvalue weighted by atomic mass is 16.5. The van der Waals surface area contributed by atoms with Gasteiger partial charge < -0.3 is 9.42 Å². The van der Waals surface area contributed by atoms with E-state index >= 15 is 0 Å². The molecule has 1 atom stereocenters. The number of carbonyl (C=O) groups excluding carboxylic acids is 1. The molecule has 0 spiro atoms. The summed E-state index contributed by atoms with van der Waals surface area (Å²) in [6.45, 7) is 5.03. The van der Waals surface area contributed by atoms with Gasteiger partial charge in [-0.3, -0.25) is 4.79 Å². The molecule has 1 amide bonds. The number of pyridine rings is 1. The van der Waals surface area contributed by atoms with Crippen LogP contribution in [0.25, 0.3) is 0 Å². The van der Waals surface area contributed by atoms with Gasteiger partial charge in [0, 0.05) is 31.6 Å². The molecule has 0 aliphatic carbocycles. The summed E-state index contributed by atoms with van der Waals surface area (Å²) in [6.07, 6.45) is 1.92. The third kappa shape index (κ3) is 2.94. The largest absolute Gasteiger partial charge is 0.340 e. The number of carbonyl (C=O) groups is 1. The Hall–Kier alpha value is -2.24. The zero-order chi connectivity index (χ0) is 14.8. The lowest BCUT2D eigenvalue weighted by Gasteiger charge is -2.31. The monoisotopic (exact) mass is 286 g/mol. The topological polar surface area (TPSA) is 72.1 Å². The Labute approximate surface area is 123 Å². The number of hydrogen-bond donors (Lipinski definition) is 0. The molecule has 0 saturated carbocycles. The molecule has 0 N–H and O–H groups in total. The predicted octanol–water partition coefficient (Wildman–Crippen LogP) is 2.10. The van der Waals surface area contributed by atoms with E-state index in [-0.39, 0.29) is 11.8 Å². The number of amides is 1. The number of piperidine rings is 1. The SMILES string of the molecule is Cc1cccc(C(=O)N2CCC[C@H](c3noc(C)n3)C2)n1. The summed E-state index contributed by atoms with van der Waals surface area (Å²) in [7, 11) is 0. The quantitative estimate of drug-likeness (QED) is 0.845. The van der Waals surface area contributed by atoms with Crippen LogP contribution in [0.1, 0.15) is 46.7 Å². The van der Waals surface area contributed by atoms with Crippen LogP contribution < -0.4 is 0 Å².